The number of rotatable bonds is 8. The van der Waals surface area contributed by atoms with E-state index in [0.29, 0.717) is 0 Å². The van der Waals surface area contributed by atoms with Crippen molar-refractivity contribution >= 4 is 11.6 Å². The zero-order valence-electron chi connectivity index (χ0n) is 13.0. The minimum absolute atomic E-state index is 0.0685. The molecule has 2 fully saturated rings. The second-order valence-corrected chi connectivity index (χ2v) is 7.73. The summed E-state index contributed by atoms with van der Waals surface area (Å²) in [5, 5.41) is 0.806. The van der Waals surface area contributed by atoms with E-state index in [-0.39, 0.29) is 5.54 Å². The van der Waals surface area contributed by atoms with E-state index in [1.165, 1.54) is 44.3 Å². The van der Waals surface area contributed by atoms with Crippen LogP contribution in [0, 0.1) is 11.8 Å². The third kappa shape index (κ3) is 4.21. The van der Waals surface area contributed by atoms with Crippen LogP contribution in [0.1, 0.15) is 38.2 Å². The number of hydrogen-bond donors (Lipinski definition) is 1. The Morgan fingerprint density at radius 3 is 2.05 bits per heavy atom. The van der Waals surface area contributed by atoms with E-state index in [1.54, 1.807) is 0 Å². The molecule has 1 unspecified atom stereocenters. The molecule has 3 rings (SSSR count). The van der Waals surface area contributed by atoms with Crippen LogP contribution in [-0.4, -0.2) is 30.1 Å². The van der Waals surface area contributed by atoms with E-state index in [1.807, 2.05) is 12.1 Å². The van der Waals surface area contributed by atoms with E-state index < -0.39 is 0 Å². The van der Waals surface area contributed by atoms with Gasteiger partial charge in [-0.05, 0) is 68.6 Å². The monoisotopic (exact) mass is 306 g/mol. The first-order chi connectivity index (χ1) is 10.1. The van der Waals surface area contributed by atoms with Crippen molar-refractivity contribution in [3.05, 3.63) is 34.9 Å². The maximum Gasteiger partial charge on any atom is 0.0406 e. The highest BCUT2D eigenvalue weighted by Gasteiger charge is 2.38. The van der Waals surface area contributed by atoms with Crippen molar-refractivity contribution in [3.63, 3.8) is 0 Å². The second-order valence-electron chi connectivity index (χ2n) is 7.30. The summed E-state index contributed by atoms with van der Waals surface area (Å²) >= 11 is 6.00. The van der Waals surface area contributed by atoms with Crippen LogP contribution >= 0.6 is 11.6 Å². The maximum absolute atomic E-state index is 6.21. The molecule has 2 saturated carbocycles. The van der Waals surface area contributed by atoms with Crippen molar-refractivity contribution in [2.24, 2.45) is 17.6 Å². The van der Waals surface area contributed by atoms with E-state index in [0.717, 1.165) is 29.8 Å². The summed E-state index contributed by atoms with van der Waals surface area (Å²) in [6.07, 6.45) is 6.64. The average molecular weight is 307 g/mol. The van der Waals surface area contributed by atoms with E-state index >= 15 is 0 Å². The van der Waals surface area contributed by atoms with Gasteiger partial charge < -0.3 is 5.73 Å². The van der Waals surface area contributed by atoms with Gasteiger partial charge in [0.15, 0.2) is 0 Å². The summed E-state index contributed by atoms with van der Waals surface area (Å²) in [4.78, 5) is 2.69. The van der Waals surface area contributed by atoms with Crippen LogP contribution in [0.25, 0.3) is 0 Å². The van der Waals surface area contributed by atoms with Gasteiger partial charge in [-0.1, -0.05) is 23.7 Å². The minimum atomic E-state index is 0.0685. The van der Waals surface area contributed by atoms with Crippen molar-refractivity contribution in [1.82, 2.24) is 4.90 Å². The smallest absolute Gasteiger partial charge is 0.0406 e. The summed E-state index contributed by atoms with van der Waals surface area (Å²) < 4.78 is 0. The highest BCUT2D eigenvalue weighted by molar-refractivity contribution is 6.30. The van der Waals surface area contributed by atoms with Crippen LogP contribution in [0.2, 0.25) is 5.02 Å². The second kappa shape index (κ2) is 6.28. The fourth-order valence-corrected chi connectivity index (χ4v) is 3.22. The number of benzene rings is 1. The molecule has 0 bridgehead atoms. The highest BCUT2D eigenvalue weighted by atomic mass is 35.5. The Labute approximate surface area is 133 Å². The van der Waals surface area contributed by atoms with Crippen LogP contribution < -0.4 is 5.73 Å². The quantitative estimate of drug-likeness (QED) is 0.793. The number of nitrogens with two attached hydrogens (primary N) is 1. The predicted molar refractivity (Wildman–Crippen MR) is 89.6 cm³/mol. The van der Waals surface area contributed by atoms with Crippen molar-refractivity contribution < 1.29 is 0 Å². The van der Waals surface area contributed by atoms with Gasteiger partial charge in [0.05, 0.1) is 0 Å². The molecule has 3 heteroatoms. The molecule has 116 valence electrons. The molecular weight excluding hydrogens is 280 g/mol. The lowest BCUT2D eigenvalue weighted by molar-refractivity contribution is 0.0978. The molecule has 2 N–H and O–H groups in total. The third-order valence-electron chi connectivity index (χ3n) is 5.05. The van der Waals surface area contributed by atoms with Gasteiger partial charge in [0.2, 0.25) is 0 Å². The van der Waals surface area contributed by atoms with Crippen LogP contribution in [0.15, 0.2) is 24.3 Å². The van der Waals surface area contributed by atoms with Gasteiger partial charge in [-0.25, -0.2) is 0 Å². The van der Waals surface area contributed by atoms with Crippen LogP contribution in [0.3, 0.4) is 0 Å². The Kier molecular flexibility index (Phi) is 4.58. The topological polar surface area (TPSA) is 29.3 Å². The lowest BCUT2D eigenvalue weighted by atomic mass is 9.90. The first-order valence-corrected chi connectivity index (χ1v) is 8.66. The molecule has 0 heterocycles. The first-order valence-electron chi connectivity index (χ1n) is 8.28. The molecule has 0 aromatic heterocycles. The third-order valence-corrected chi connectivity index (χ3v) is 5.30. The van der Waals surface area contributed by atoms with Crippen molar-refractivity contribution in [2.75, 3.05) is 19.6 Å². The first kappa shape index (κ1) is 15.3. The van der Waals surface area contributed by atoms with Crippen LogP contribution in [-0.2, 0) is 6.42 Å². The molecule has 2 nitrogen and oxygen atoms in total. The molecule has 0 saturated heterocycles. The average Bonchev–Trinajstić information content (AvgIpc) is 3.36. The van der Waals surface area contributed by atoms with Gasteiger partial charge in [-0.2, -0.15) is 0 Å². The Morgan fingerprint density at radius 2 is 1.62 bits per heavy atom. The summed E-state index contributed by atoms with van der Waals surface area (Å²) in [7, 11) is 0. The normalized spacial score (nSPS) is 21.5. The summed E-state index contributed by atoms with van der Waals surface area (Å²) in [6.45, 7) is 5.52. The lowest BCUT2D eigenvalue weighted by Gasteiger charge is -2.41. The van der Waals surface area contributed by atoms with Gasteiger partial charge in [0.1, 0.15) is 0 Å². The fraction of sp³-hybridized carbons (Fsp3) is 0.667. The zero-order chi connectivity index (χ0) is 14.9. The standard InChI is InChI=1S/C18H27ClN2/c1-18(13-20,10-14-6-8-17(19)9-7-14)21(11-15-2-3-15)12-16-4-5-16/h6-9,15-16H,2-5,10-13,20H2,1H3. The molecule has 2 aliphatic carbocycles. The van der Waals surface area contributed by atoms with Gasteiger partial charge in [-0.15, -0.1) is 0 Å². The van der Waals surface area contributed by atoms with Gasteiger partial charge in [0.25, 0.3) is 0 Å². The minimum Gasteiger partial charge on any atom is -0.329 e. The van der Waals surface area contributed by atoms with E-state index in [4.69, 9.17) is 17.3 Å². The molecule has 0 aliphatic heterocycles. The Hall–Kier alpha value is -0.570. The van der Waals surface area contributed by atoms with Crippen LogP contribution in [0.4, 0.5) is 0 Å². The number of halogens is 1. The summed E-state index contributed by atoms with van der Waals surface area (Å²) in [6, 6.07) is 8.26. The van der Waals surface area contributed by atoms with Gasteiger partial charge in [0, 0.05) is 30.2 Å². The van der Waals surface area contributed by atoms with Crippen molar-refractivity contribution in [3.8, 4) is 0 Å². The number of nitrogens with zero attached hydrogens (tertiary/aromatic N) is 1. The lowest BCUT2D eigenvalue weighted by Crippen LogP contribution is -2.54. The Balaban J connectivity index is 1.72. The number of hydrogen-bond acceptors (Lipinski definition) is 2. The molecular formula is C18H27ClN2. The molecule has 0 radical (unpaired) electrons. The molecule has 0 amide bonds. The molecule has 2 aliphatic rings. The molecule has 0 spiro atoms. The molecule has 21 heavy (non-hydrogen) atoms. The summed E-state index contributed by atoms with van der Waals surface area (Å²) in [5.41, 5.74) is 7.62. The molecule has 1 aromatic carbocycles. The van der Waals surface area contributed by atoms with E-state index in [9.17, 15) is 0 Å². The van der Waals surface area contributed by atoms with Crippen molar-refractivity contribution in [1.29, 1.82) is 0 Å². The Morgan fingerprint density at radius 1 is 1.10 bits per heavy atom. The van der Waals surface area contributed by atoms with Gasteiger partial charge >= 0.3 is 0 Å². The van der Waals surface area contributed by atoms with E-state index in [2.05, 4.69) is 24.0 Å². The van der Waals surface area contributed by atoms with Crippen molar-refractivity contribution in [2.45, 2.75) is 44.6 Å². The SMILES string of the molecule is CC(CN)(Cc1ccc(Cl)cc1)N(CC1CC1)CC1CC1. The summed E-state index contributed by atoms with van der Waals surface area (Å²) in [5.74, 6) is 1.83. The predicted octanol–water partition coefficient (Wildman–Crippen LogP) is 3.72. The molecule has 1 atom stereocenters. The Bertz CT molecular complexity index is 451. The largest absolute Gasteiger partial charge is 0.329 e. The van der Waals surface area contributed by atoms with Gasteiger partial charge in [-0.3, -0.25) is 4.90 Å². The highest BCUT2D eigenvalue weighted by Crippen LogP contribution is 2.37. The fourth-order valence-electron chi connectivity index (χ4n) is 3.09. The van der Waals surface area contributed by atoms with Crippen LogP contribution in [0.5, 0.6) is 0 Å². The zero-order valence-corrected chi connectivity index (χ0v) is 13.8. The molecule has 1 aromatic rings. The maximum atomic E-state index is 6.21.